The van der Waals surface area contributed by atoms with Crippen LogP contribution in [0, 0.1) is 0 Å². The molecule has 0 saturated carbocycles. The van der Waals surface area contributed by atoms with Crippen molar-refractivity contribution in [1.29, 1.82) is 0 Å². The Bertz CT molecular complexity index is 357. The molecule has 80 valence electrons. The lowest BCUT2D eigenvalue weighted by atomic mass is 10.1. The van der Waals surface area contributed by atoms with E-state index in [1.807, 2.05) is 0 Å². The highest BCUT2D eigenvalue weighted by Gasteiger charge is 2.05. The molecule has 4 heteroatoms. The second kappa shape index (κ2) is 5.26. The minimum Gasteiger partial charge on any atom is -0.392 e. The molecule has 1 aromatic rings. The van der Waals surface area contributed by atoms with Crippen molar-refractivity contribution >= 4 is 11.7 Å². The third-order valence-electron chi connectivity index (χ3n) is 1.98. The fraction of sp³-hybridized carbons (Fsp3) is 0.273. The first-order valence-corrected chi connectivity index (χ1v) is 4.61. The lowest BCUT2D eigenvalue weighted by Crippen LogP contribution is -2.28. The van der Waals surface area contributed by atoms with Crippen LogP contribution in [-0.4, -0.2) is 16.8 Å². The summed E-state index contributed by atoms with van der Waals surface area (Å²) in [7, 11) is 0. The van der Waals surface area contributed by atoms with Crippen LogP contribution in [0.25, 0.3) is 0 Å². The van der Waals surface area contributed by atoms with Gasteiger partial charge in [0.05, 0.1) is 6.61 Å². The second-order valence-corrected chi connectivity index (χ2v) is 3.21. The predicted octanol–water partition coefficient (Wildman–Crippen LogP) is 0.384. The molecule has 0 aliphatic rings. The first-order chi connectivity index (χ1) is 7.13. The predicted molar refractivity (Wildman–Crippen MR) is 54.9 cm³/mol. The summed E-state index contributed by atoms with van der Waals surface area (Å²) >= 11 is 0. The average molecular weight is 207 g/mol. The van der Waals surface area contributed by atoms with E-state index >= 15 is 0 Å². The van der Waals surface area contributed by atoms with Gasteiger partial charge in [-0.05, 0) is 11.1 Å². The number of Topliss-reactive ketones (excluding diaryl/α,β-unsaturated/α-hetero) is 1. The number of aliphatic hydroxyl groups excluding tert-OH is 1. The molecule has 15 heavy (non-hydrogen) atoms. The van der Waals surface area contributed by atoms with Crippen molar-refractivity contribution < 1.29 is 14.7 Å². The van der Waals surface area contributed by atoms with Gasteiger partial charge in [0.1, 0.15) is 0 Å². The Balaban J connectivity index is 2.51. The number of nitrogens with one attached hydrogen (secondary N) is 1. The van der Waals surface area contributed by atoms with E-state index in [9.17, 15) is 9.59 Å². The summed E-state index contributed by atoms with van der Waals surface area (Å²) in [5, 5.41) is 11.3. The van der Waals surface area contributed by atoms with Gasteiger partial charge in [-0.15, -0.1) is 0 Å². The lowest BCUT2D eigenvalue weighted by Gasteiger charge is -2.03. The average Bonchev–Trinajstić information content (AvgIpc) is 2.26. The Morgan fingerprint density at radius 3 is 2.20 bits per heavy atom. The van der Waals surface area contributed by atoms with Gasteiger partial charge in [-0.1, -0.05) is 24.3 Å². The number of hydrogen-bond acceptors (Lipinski definition) is 3. The molecule has 0 aromatic heterocycles. The number of rotatable bonds is 4. The molecule has 0 aliphatic carbocycles. The summed E-state index contributed by atoms with van der Waals surface area (Å²) in [6, 6.07) is 7.14. The quantitative estimate of drug-likeness (QED) is 0.701. The number of carbonyl (C=O) groups excluding carboxylic acids is 2. The molecule has 0 aliphatic heterocycles. The monoisotopic (exact) mass is 207 g/mol. The zero-order valence-corrected chi connectivity index (χ0v) is 8.49. The standard InChI is InChI=1S/C11H13NO3/c1-8(14)11(15)12-6-9-2-4-10(7-13)5-3-9/h2-5,13H,6-7H2,1H3,(H,12,15). The number of amides is 1. The highest BCUT2D eigenvalue weighted by atomic mass is 16.3. The van der Waals surface area contributed by atoms with Crippen molar-refractivity contribution in [3.63, 3.8) is 0 Å². The fourth-order valence-electron chi connectivity index (χ4n) is 1.07. The van der Waals surface area contributed by atoms with Gasteiger partial charge in [0.15, 0.2) is 0 Å². The number of carbonyl (C=O) groups is 2. The smallest absolute Gasteiger partial charge is 0.287 e. The molecular weight excluding hydrogens is 194 g/mol. The minimum atomic E-state index is -0.582. The Morgan fingerprint density at radius 2 is 1.73 bits per heavy atom. The van der Waals surface area contributed by atoms with E-state index in [-0.39, 0.29) is 6.61 Å². The van der Waals surface area contributed by atoms with Crippen LogP contribution in [0.2, 0.25) is 0 Å². The van der Waals surface area contributed by atoms with Crippen LogP contribution in [-0.2, 0) is 22.7 Å². The van der Waals surface area contributed by atoms with Crippen molar-refractivity contribution in [2.24, 2.45) is 0 Å². The van der Waals surface area contributed by atoms with Crippen LogP contribution in [0.1, 0.15) is 18.1 Å². The molecule has 2 N–H and O–H groups in total. The van der Waals surface area contributed by atoms with Crippen molar-refractivity contribution in [3.05, 3.63) is 35.4 Å². The van der Waals surface area contributed by atoms with Crippen LogP contribution in [0.5, 0.6) is 0 Å². The van der Waals surface area contributed by atoms with Crippen molar-refractivity contribution in [2.45, 2.75) is 20.1 Å². The Morgan fingerprint density at radius 1 is 1.20 bits per heavy atom. The molecule has 0 spiro atoms. The Hall–Kier alpha value is -1.68. The topological polar surface area (TPSA) is 66.4 Å². The maximum atomic E-state index is 10.9. The maximum absolute atomic E-state index is 10.9. The summed E-state index contributed by atoms with van der Waals surface area (Å²) in [6.07, 6.45) is 0. The summed E-state index contributed by atoms with van der Waals surface area (Å²) in [5.41, 5.74) is 1.71. The van der Waals surface area contributed by atoms with E-state index in [0.29, 0.717) is 6.54 Å². The van der Waals surface area contributed by atoms with Gasteiger partial charge < -0.3 is 10.4 Å². The maximum Gasteiger partial charge on any atom is 0.287 e. The number of aliphatic hydroxyl groups is 1. The molecule has 0 bridgehead atoms. The Kier molecular flexibility index (Phi) is 4.00. The third-order valence-corrected chi connectivity index (χ3v) is 1.98. The molecule has 1 amide bonds. The zero-order chi connectivity index (χ0) is 11.3. The van der Waals surface area contributed by atoms with E-state index in [1.54, 1.807) is 24.3 Å². The molecule has 0 saturated heterocycles. The fourth-order valence-corrected chi connectivity index (χ4v) is 1.07. The van der Waals surface area contributed by atoms with E-state index in [4.69, 9.17) is 5.11 Å². The van der Waals surface area contributed by atoms with Gasteiger partial charge in [-0.3, -0.25) is 9.59 Å². The third kappa shape index (κ3) is 3.52. The van der Waals surface area contributed by atoms with Gasteiger partial charge in [-0.2, -0.15) is 0 Å². The number of benzene rings is 1. The molecule has 0 radical (unpaired) electrons. The highest BCUT2D eigenvalue weighted by molar-refractivity contribution is 6.35. The molecular formula is C11H13NO3. The van der Waals surface area contributed by atoms with Crippen LogP contribution < -0.4 is 5.32 Å². The van der Waals surface area contributed by atoms with Crippen molar-refractivity contribution in [2.75, 3.05) is 0 Å². The van der Waals surface area contributed by atoms with Crippen LogP contribution in [0.3, 0.4) is 0 Å². The van der Waals surface area contributed by atoms with Gasteiger partial charge in [0.25, 0.3) is 5.91 Å². The number of ketones is 1. The SMILES string of the molecule is CC(=O)C(=O)NCc1ccc(CO)cc1. The highest BCUT2D eigenvalue weighted by Crippen LogP contribution is 2.03. The van der Waals surface area contributed by atoms with Gasteiger partial charge >= 0.3 is 0 Å². The summed E-state index contributed by atoms with van der Waals surface area (Å²) in [4.78, 5) is 21.6. The van der Waals surface area contributed by atoms with Crippen LogP contribution >= 0.6 is 0 Å². The van der Waals surface area contributed by atoms with Gasteiger partial charge in [-0.25, -0.2) is 0 Å². The summed E-state index contributed by atoms with van der Waals surface area (Å²) in [6.45, 7) is 1.55. The largest absolute Gasteiger partial charge is 0.392 e. The lowest BCUT2D eigenvalue weighted by molar-refractivity contribution is -0.136. The second-order valence-electron chi connectivity index (χ2n) is 3.21. The zero-order valence-electron chi connectivity index (χ0n) is 8.49. The van der Waals surface area contributed by atoms with Crippen LogP contribution in [0.4, 0.5) is 0 Å². The minimum absolute atomic E-state index is 0.0000844. The van der Waals surface area contributed by atoms with E-state index in [1.165, 1.54) is 6.92 Å². The first-order valence-electron chi connectivity index (χ1n) is 4.61. The molecule has 4 nitrogen and oxygen atoms in total. The molecule has 0 unspecified atom stereocenters. The van der Waals surface area contributed by atoms with E-state index in [0.717, 1.165) is 11.1 Å². The molecule has 1 aromatic carbocycles. The van der Waals surface area contributed by atoms with Gasteiger partial charge in [0, 0.05) is 13.5 Å². The van der Waals surface area contributed by atoms with Gasteiger partial charge in [0.2, 0.25) is 5.78 Å². The molecule has 1 rings (SSSR count). The van der Waals surface area contributed by atoms with E-state index < -0.39 is 11.7 Å². The summed E-state index contributed by atoms with van der Waals surface area (Å²) in [5.74, 6) is -1.08. The number of hydrogen-bond donors (Lipinski definition) is 2. The van der Waals surface area contributed by atoms with Crippen molar-refractivity contribution in [3.8, 4) is 0 Å². The first kappa shape index (κ1) is 11.4. The summed E-state index contributed by atoms with van der Waals surface area (Å²) < 4.78 is 0. The normalized spacial score (nSPS) is 9.73. The Labute approximate surface area is 87.9 Å². The van der Waals surface area contributed by atoms with Crippen LogP contribution in [0.15, 0.2) is 24.3 Å². The molecule has 0 atom stereocenters. The van der Waals surface area contributed by atoms with Crippen molar-refractivity contribution in [1.82, 2.24) is 5.32 Å². The molecule has 0 heterocycles. The molecule has 0 fully saturated rings. The van der Waals surface area contributed by atoms with E-state index in [2.05, 4.69) is 5.32 Å².